The molecular weight excluding hydrogens is 450 g/mol. The second kappa shape index (κ2) is 8.62. The lowest BCUT2D eigenvalue weighted by Crippen LogP contribution is -2.18. The Bertz CT molecular complexity index is 1680. The van der Waals surface area contributed by atoms with Gasteiger partial charge in [0, 0.05) is 54.2 Å². The fourth-order valence-corrected chi connectivity index (χ4v) is 4.92. The number of aromatic amines is 2. The third-order valence-electron chi connectivity index (χ3n) is 6.69. The predicted molar refractivity (Wildman–Crippen MR) is 138 cm³/mol. The minimum atomic E-state index is 0.639. The first kappa shape index (κ1) is 20.8. The van der Waals surface area contributed by atoms with Gasteiger partial charge in [-0.15, -0.1) is 0 Å². The van der Waals surface area contributed by atoms with Crippen LogP contribution in [0.15, 0.2) is 67.5 Å². The van der Waals surface area contributed by atoms with E-state index in [2.05, 4.69) is 41.1 Å². The summed E-state index contributed by atoms with van der Waals surface area (Å²) >= 11 is 0. The van der Waals surface area contributed by atoms with Crippen LogP contribution in [-0.4, -0.2) is 58.1 Å². The van der Waals surface area contributed by atoms with Crippen molar-refractivity contribution in [1.29, 1.82) is 0 Å². The molecule has 1 fully saturated rings. The number of H-pyrrole nitrogens is 2. The van der Waals surface area contributed by atoms with Crippen molar-refractivity contribution in [2.45, 2.75) is 19.4 Å². The molecule has 1 aliphatic heterocycles. The highest BCUT2D eigenvalue weighted by molar-refractivity contribution is 5.95. The average molecular weight is 474 g/mol. The molecule has 0 atom stereocenters. The van der Waals surface area contributed by atoms with Crippen LogP contribution in [0.3, 0.4) is 0 Å². The topological polar surface area (TPSA) is 112 Å². The van der Waals surface area contributed by atoms with Crippen LogP contribution in [0.1, 0.15) is 18.4 Å². The fourth-order valence-electron chi connectivity index (χ4n) is 4.92. The van der Waals surface area contributed by atoms with E-state index in [1.165, 1.54) is 18.4 Å². The number of nitrogens with zero attached hydrogens (tertiary/aromatic N) is 7. The van der Waals surface area contributed by atoms with Gasteiger partial charge in [0.05, 0.1) is 22.9 Å². The molecule has 0 aromatic carbocycles. The van der Waals surface area contributed by atoms with Crippen molar-refractivity contribution in [3.63, 3.8) is 0 Å². The number of likely N-dealkylation sites (tertiary alicyclic amines) is 1. The van der Waals surface area contributed by atoms with Crippen LogP contribution in [0.2, 0.25) is 0 Å². The number of imidazole rings is 1. The lowest BCUT2D eigenvalue weighted by molar-refractivity contribution is 0.331. The maximum atomic E-state index is 4.97. The average Bonchev–Trinajstić information content (AvgIpc) is 3.68. The molecule has 0 spiro atoms. The molecular formula is C27H23N9. The highest BCUT2D eigenvalue weighted by Crippen LogP contribution is 2.31. The van der Waals surface area contributed by atoms with E-state index in [0.717, 1.165) is 64.1 Å². The molecule has 36 heavy (non-hydrogen) atoms. The zero-order chi connectivity index (χ0) is 23.9. The largest absolute Gasteiger partial charge is 0.335 e. The van der Waals surface area contributed by atoms with E-state index in [-0.39, 0.29) is 0 Å². The van der Waals surface area contributed by atoms with E-state index in [1.807, 2.05) is 49.1 Å². The Morgan fingerprint density at radius 1 is 0.806 bits per heavy atom. The number of pyridine rings is 4. The molecule has 7 heterocycles. The highest BCUT2D eigenvalue weighted by Gasteiger charge is 2.18. The number of hydrogen-bond acceptors (Lipinski definition) is 7. The molecule has 2 N–H and O–H groups in total. The first-order valence-electron chi connectivity index (χ1n) is 12.1. The van der Waals surface area contributed by atoms with Gasteiger partial charge in [0.2, 0.25) is 0 Å². The lowest BCUT2D eigenvalue weighted by atomic mass is 10.1. The maximum Gasteiger partial charge on any atom is 0.161 e. The molecule has 1 saturated heterocycles. The summed E-state index contributed by atoms with van der Waals surface area (Å²) < 4.78 is 0. The maximum absolute atomic E-state index is 4.97. The molecule has 1 aliphatic rings. The number of hydrogen-bond donors (Lipinski definition) is 2. The summed E-state index contributed by atoms with van der Waals surface area (Å²) in [5, 5.41) is 7.64. The Morgan fingerprint density at radius 2 is 1.69 bits per heavy atom. The Labute approximate surface area is 206 Å². The normalized spacial score (nSPS) is 14.2. The van der Waals surface area contributed by atoms with Gasteiger partial charge in [0.25, 0.3) is 0 Å². The zero-order valence-corrected chi connectivity index (χ0v) is 19.5. The van der Waals surface area contributed by atoms with Gasteiger partial charge < -0.3 is 4.98 Å². The molecule has 0 bridgehead atoms. The van der Waals surface area contributed by atoms with Gasteiger partial charge in [-0.2, -0.15) is 5.10 Å². The summed E-state index contributed by atoms with van der Waals surface area (Å²) in [6.07, 6.45) is 13.5. The Morgan fingerprint density at radius 3 is 2.58 bits per heavy atom. The Hall–Kier alpha value is -4.50. The minimum Gasteiger partial charge on any atom is -0.335 e. The summed E-state index contributed by atoms with van der Waals surface area (Å²) in [6, 6.07) is 10.1. The van der Waals surface area contributed by atoms with Gasteiger partial charge in [-0.3, -0.25) is 25.0 Å². The standard InChI is InChI=1S/C27H23N9/c1-2-9-36(8-1)16-17-10-19(13-29-11-17)21-5-6-22-25(31-21)26(35-34-22)27-32-23-15-30-14-20(24(23)33-27)18-4-3-7-28-12-18/h3-7,10-15H,1-2,8-9,16H2,(H,32,33)(H,34,35). The van der Waals surface area contributed by atoms with Crippen LogP contribution >= 0.6 is 0 Å². The van der Waals surface area contributed by atoms with Crippen molar-refractivity contribution in [3.05, 3.63) is 73.1 Å². The van der Waals surface area contributed by atoms with E-state index in [9.17, 15) is 0 Å². The van der Waals surface area contributed by atoms with Gasteiger partial charge in [-0.1, -0.05) is 6.07 Å². The monoisotopic (exact) mass is 473 g/mol. The van der Waals surface area contributed by atoms with Gasteiger partial charge >= 0.3 is 0 Å². The van der Waals surface area contributed by atoms with Crippen LogP contribution in [-0.2, 0) is 6.54 Å². The summed E-state index contributed by atoms with van der Waals surface area (Å²) in [5.74, 6) is 0.639. The van der Waals surface area contributed by atoms with Crippen molar-refractivity contribution >= 4 is 22.1 Å². The summed E-state index contributed by atoms with van der Waals surface area (Å²) in [4.78, 5) is 28.8. The molecule has 9 heteroatoms. The molecule has 6 aromatic rings. The molecule has 9 nitrogen and oxygen atoms in total. The van der Waals surface area contributed by atoms with Gasteiger partial charge in [-0.05, 0) is 55.8 Å². The van der Waals surface area contributed by atoms with Crippen molar-refractivity contribution in [2.24, 2.45) is 0 Å². The second-order valence-corrected chi connectivity index (χ2v) is 9.14. The molecule has 0 saturated carbocycles. The van der Waals surface area contributed by atoms with E-state index < -0.39 is 0 Å². The molecule has 7 rings (SSSR count). The number of fused-ring (bicyclic) bond motifs is 2. The predicted octanol–water partition coefficient (Wildman–Crippen LogP) is 4.62. The third-order valence-corrected chi connectivity index (χ3v) is 6.69. The molecule has 0 amide bonds. The van der Waals surface area contributed by atoms with Crippen LogP contribution < -0.4 is 0 Å². The first-order chi connectivity index (χ1) is 17.8. The van der Waals surface area contributed by atoms with Crippen LogP contribution in [0.4, 0.5) is 0 Å². The van der Waals surface area contributed by atoms with E-state index in [1.54, 1.807) is 12.4 Å². The molecule has 6 aromatic heterocycles. The first-order valence-corrected chi connectivity index (χ1v) is 12.1. The quantitative estimate of drug-likeness (QED) is 0.376. The van der Waals surface area contributed by atoms with Gasteiger partial charge in [-0.25, -0.2) is 9.97 Å². The second-order valence-electron chi connectivity index (χ2n) is 9.14. The fraction of sp³-hybridized carbons (Fsp3) is 0.185. The third kappa shape index (κ3) is 3.70. The summed E-state index contributed by atoms with van der Waals surface area (Å²) in [7, 11) is 0. The molecule has 0 radical (unpaired) electrons. The number of rotatable bonds is 5. The van der Waals surface area contributed by atoms with Gasteiger partial charge in [0.15, 0.2) is 11.5 Å². The Kier molecular flexibility index (Phi) is 4.99. The lowest BCUT2D eigenvalue weighted by Gasteiger charge is -2.14. The molecule has 0 unspecified atom stereocenters. The number of nitrogens with one attached hydrogen (secondary N) is 2. The molecule has 0 aliphatic carbocycles. The van der Waals surface area contributed by atoms with Crippen LogP contribution in [0, 0.1) is 0 Å². The smallest absolute Gasteiger partial charge is 0.161 e. The van der Waals surface area contributed by atoms with E-state index in [0.29, 0.717) is 11.5 Å². The highest BCUT2D eigenvalue weighted by atomic mass is 15.2. The number of aromatic nitrogens is 8. The van der Waals surface area contributed by atoms with Crippen LogP contribution in [0.25, 0.3) is 56.0 Å². The summed E-state index contributed by atoms with van der Waals surface area (Å²) in [5.41, 5.74) is 8.85. The minimum absolute atomic E-state index is 0.639. The van der Waals surface area contributed by atoms with Crippen molar-refractivity contribution in [3.8, 4) is 33.9 Å². The SMILES string of the molecule is c1cncc(-c2cncc3[nH]c(-c4n[nH]c5ccc(-c6cncc(CN7CCCC7)c6)nc45)nc23)c1. The van der Waals surface area contributed by atoms with Gasteiger partial charge in [0.1, 0.15) is 11.0 Å². The van der Waals surface area contributed by atoms with Crippen molar-refractivity contribution in [2.75, 3.05) is 13.1 Å². The molecule has 176 valence electrons. The van der Waals surface area contributed by atoms with Crippen molar-refractivity contribution in [1.82, 2.24) is 45.0 Å². The van der Waals surface area contributed by atoms with Crippen molar-refractivity contribution < 1.29 is 0 Å². The Balaban J connectivity index is 1.28. The van der Waals surface area contributed by atoms with E-state index in [4.69, 9.17) is 9.97 Å². The summed E-state index contributed by atoms with van der Waals surface area (Å²) in [6.45, 7) is 3.23. The van der Waals surface area contributed by atoms with E-state index >= 15 is 0 Å². The van der Waals surface area contributed by atoms with Crippen LogP contribution in [0.5, 0.6) is 0 Å². The zero-order valence-electron chi connectivity index (χ0n) is 19.5.